The van der Waals surface area contributed by atoms with Gasteiger partial charge in [0, 0.05) is 19.3 Å². The summed E-state index contributed by atoms with van der Waals surface area (Å²) >= 11 is 5.72. The number of aromatic nitrogens is 6. The second-order valence-corrected chi connectivity index (χ2v) is 7.09. The van der Waals surface area contributed by atoms with Crippen LogP contribution in [0.3, 0.4) is 0 Å². The SMILES string of the molecule is O=C(NCc1ncnn1-c1ccc(Cl)c(F)c1)NCc1ncnn1C1CCOCC1. The normalized spacial score (nSPS) is 14.6. The number of carbonyl (C=O) groups is 1. The number of hydrogen-bond donors (Lipinski definition) is 2. The van der Waals surface area contributed by atoms with Crippen molar-refractivity contribution in [1.29, 1.82) is 0 Å². The van der Waals surface area contributed by atoms with Crippen LogP contribution < -0.4 is 10.6 Å². The number of ether oxygens (including phenoxy) is 1. The first-order valence-electron chi connectivity index (χ1n) is 9.44. The number of carbonyl (C=O) groups excluding carboxylic acids is 1. The molecule has 0 atom stereocenters. The van der Waals surface area contributed by atoms with Crippen LogP contribution >= 0.6 is 11.6 Å². The molecule has 1 aliphatic rings. The maximum Gasteiger partial charge on any atom is 0.315 e. The van der Waals surface area contributed by atoms with E-state index in [9.17, 15) is 9.18 Å². The van der Waals surface area contributed by atoms with Gasteiger partial charge in [-0.3, -0.25) is 0 Å². The highest BCUT2D eigenvalue weighted by Crippen LogP contribution is 2.21. The minimum Gasteiger partial charge on any atom is -0.381 e. The second-order valence-electron chi connectivity index (χ2n) is 6.69. The standard InChI is InChI=1S/C18H20ClFN8O2/c19-14-2-1-13(7-15(14)20)28-17(24-11-26-28)9-22-18(29)21-8-16-23-10-25-27(16)12-3-5-30-6-4-12/h1-2,7,10-12H,3-6,8-9H2,(H2,21,22,29). The lowest BCUT2D eigenvalue weighted by atomic mass is 10.1. The summed E-state index contributed by atoms with van der Waals surface area (Å²) in [7, 11) is 0. The zero-order valence-corrected chi connectivity index (χ0v) is 16.7. The summed E-state index contributed by atoms with van der Waals surface area (Å²) in [5.41, 5.74) is 0.455. The first-order chi connectivity index (χ1) is 14.6. The van der Waals surface area contributed by atoms with Crippen LogP contribution in [0.15, 0.2) is 30.9 Å². The van der Waals surface area contributed by atoms with Gasteiger partial charge in [0.15, 0.2) is 5.82 Å². The molecule has 10 nitrogen and oxygen atoms in total. The molecule has 3 heterocycles. The molecule has 0 saturated carbocycles. The van der Waals surface area contributed by atoms with Crippen LogP contribution in [-0.4, -0.2) is 48.8 Å². The Morgan fingerprint density at radius 3 is 2.60 bits per heavy atom. The number of halogens is 2. The summed E-state index contributed by atoms with van der Waals surface area (Å²) in [5.74, 6) is 0.559. The Kier molecular flexibility index (Phi) is 6.19. The van der Waals surface area contributed by atoms with Gasteiger partial charge < -0.3 is 15.4 Å². The van der Waals surface area contributed by atoms with E-state index in [2.05, 4.69) is 30.8 Å². The van der Waals surface area contributed by atoms with Crippen molar-refractivity contribution in [2.24, 2.45) is 0 Å². The summed E-state index contributed by atoms with van der Waals surface area (Å²) in [6, 6.07) is 4.14. The van der Waals surface area contributed by atoms with Crippen molar-refractivity contribution < 1.29 is 13.9 Å². The molecular formula is C18H20ClFN8O2. The number of hydrogen-bond acceptors (Lipinski definition) is 6. The van der Waals surface area contributed by atoms with E-state index in [4.69, 9.17) is 16.3 Å². The summed E-state index contributed by atoms with van der Waals surface area (Å²) in [6.45, 7) is 1.72. The quantitative estimate of drug-likeness (QED) is 0.613. The Hall–Kier alpha value is -3.05. The van der Waals surface area contributed by atoms with Crippen LogP contribution in [0.1, 0.15) is 30.5 Å². The summed E-state index contributed by atoms with van der Waals surface area (Å²) in [6.07, 6.45) is 4.54. The molecule has 3 aromatic rings. The van der Waals surface area contributed by atoms with E-state index in [0.29, 0.717) is 30.5 Å². The van der Waals surface area contributed by atoms with E-state index in [1.54, 1.807) is 6.07 Å². The maximum atomic E-state index is 13.7. The average Bonchev–Trinajstić information content (AvgIpc) is 3.43. The highest BCUT2D eigenvalue weighted by Gasteiger charge is 2.19. The van der Waals surface area contributed by atoms with Gasteiger partial charge >= 0.3 is 6.03 Å². The van der Waals surface area contributed by atoms with E-state index >= 15 is 0 Å². The number of nitrogens with one attached hydrogen (secondary N) is 2. The van der Waals surface area contributed by atoms with Crippen molar-refractivity contribution in [1.82, 2.24) is 40.2 Å². The lowest BCUT2D eigenvalue weighted by Gasteiger charge is -2.23. The summed E-state index contributed by atoms with van der Waals surface area (Å²) < 4.78 is 22.4. The Labute approximate surface area is 176 Å². The number of urea groups is 1. The van der Waals surface area contributed by atoms with Gasteiger partial charge in [-0.2, -0.15) is 10.2 Å². The lowest BCUT2D eigenvalue weighted by molar-refractivity contribution is 0.0652. The van der Waals surface area contributed by atoms with Crippen molar-refractivity contribution >= 4 is 17.6 Å². The molecule has 2 amide bonds. The lowest BCUT2D eigenvalue weighted by Crippen LogP contribution is -2.36. The van der Waals surface area contributed by atoms with Crippen molar-refractivity contribution in [2.75, 3.05) is 13.2 Å². The van der Waals surface area contributed by atoms with Gasteiger partial charge in [-0.05, 0) is 25.0 Å². The molecule has 0 aliphatic carbocycles. The Morgan fingerprint density at radius 2 is 1.83 bits per heavy atom. The number of nitrogens with zero attached hydrogens (tertiary/aromatic N) is 6. The van der Waals surface area contributed by atoms with Gasteiger partial charge in [0.1, 0.15) is 24.3 Å². The predicted octanol–water partition coefficient (Wildman–Crippen LogP) is 2.00. The third kappa shape index (κ3) is 4.57. The molecule has 158 valence electrons. The molecule has 1 fully saturated rings. The average molecular weight is 435 g/mol. The molecule has 1 aliphatic heterocycles. The van der Waals surface area contributed by atoms with Crippen molar-refractivity contribution in [3.05, 3.63) is 53.3 Å². The molecule has 0 unspecified atom stereocenters. The van der Waals surface area contributed by atoms with E-state index in [1.807, 2.05) is 4.68 Å². The molecule has 2 aromatic heterocycles. The molecule has 12 heteroatoms. The Balaban J connectivity index is 1.33. The van der Waals surface area contributed by atoms with Crippen LogP contribution in [0.25, 0.3) is 5.69 Å². The second kappa shape index (κ2) is 9.18. The van der Waals surface area contributed by atoms with Crippen LogP contribution in [0.4, 0.5) is 9.18 Å². The highest BCUT2D eigenvalue weighted by molar-refractivity contribution is 6.30. The predicted molar refractivity (Wildman–Crippen MR) is 105 cm³/mol. The molecule has 1 aromatic carbocycles. The first kappa shape index (κ1) is 20.2. The van der Waals surface area contributed by atoms with Crippen molar-refractivity contribution in [2.45, 2.75) is 32.0 Å². The first-order valence-corrected chi connectivity index (χ1v) is 9.82. The largest absolute Gasteiger partial charge is 0.381 e. The van der Waals surface area contributed by atoms with E-state index in [1.165, 1.54) is 29.5 Å². The molecule has 0 radical (unpaired) electrons. The topological polar surface area (TPSA) is 112 Å². The molecule has 30 heavy (non-hydrogen) atoms. The zero-order valence-electron chi connectivity index (χ0n) is 16.0. The van der Waals surface area contributed by atoms with E-state index < -0.39 is 11.8 Å². The van der Waals surface area contributed by atoms with Gasteiger partial charge in [-0.15, -0.1) is 0 Å². The van der Waals surface area contributed by atoms with Crippen molar-refractivity contribution in [3.63, 3.8) is 0 Å². The molecule has 1 saturated heterocycles. The van der Waals surface area contributed by atoms with Gasteiger partial charge in [0.05, 0.1) is 29.8 Å². The molecule has 2 N–H and O–H groups in total. The van der Waals surface area contributed by atoms with Crippen LogP contribution in [0.2, 0.25) is 5.02 Å². The van der Waals surface area contributed by atoms with Crippen LogP contribution in [-0.2, 0) is 17.8 Å². The van der Waals surface area contributed by atoms with Crippen LogP contribution in [0, 0.1) is 5.82 Å². The van der Waals surface area contributed by atoms with Gasteiger partial charge in [-0.1, -0.05) is 11.6 Å². The Morgan fingerprint density at radius 1 is 1.13 bits per heavy atom. The van der Waals surface area contributed by atoms with Crippen molar-refractivity contribution in [3.8, 4) is 5.69 Å². The van der Waals surface area contributed by atoms with E-state index in [-0.39, 0.29) is 24.2 Å². The maximum absolute atomic E-state index is 13.7. The third-order valence-electron chi connectivity index (χ3n) is 4.76. The van der Waals surface area contributed by atoms with Gasteiger partial charge in [0.2, 0.25) is 0 Å². The smallest absolute Gasteiger partial charge is 0.315 e. The molecule has 4 rings (SSSR count). The van der Waals surface area contributed by atoms with Gasteiger partial charge in [-0.25, -0.2) is 28.5 Å². The number of amides is 2. The minimum absolute atomic E-state index is 0.0199. The Bertz CT molecular complexity index is 1020. The fourth-order valence-electron chi connectivity index (χ4n) is 3.23. The summed E-state index contributed by atoms with van der Waals surface area (Å²) in [5, 5.41) is 13.9. The molecular weight excluding hydrogens is 415 g/mol. The fraction of sp³-hybridized carbons (Fsp3) is 0.389. The zero-order chi connectivity index (χ0) is 20.9. The fourth-order valence-corrected chi connectivity index (χ4v) is 3.35. The number of rotatable bonds is 6. The van der Waals surface area contributed by atoms with Gasteiger partial charge in [0.25, 0.3) is 0 Å². The summed E-state index contributed by atoms with van der Waals surface area (Å²) in [4.78, 5) is 20.6. The highest BCUT2D eigenvalue weighted by atomic mass is 35.5. The molecule has 0 bridgehead atoms. The monoisotopic (exact) mass is 434 g/mol. The number of benzene rings is 1. The minimum atomic E-state index is -0.560. The van der Waals surface area contributed by atoms with E-state index in [0.717, 1.165) is 12.8 Å². The molecule has 0 spiro atoms. The third-order valence-corrected chi connectivity index (χ3v) is 5.07. The van der Waals surface area contributed by atoms with Crippen LogP contribution in [0.5, 0.6) is 0 Å².